The summed E-state index contributed by atoms with van der Waals surface area (Å²) in [5.74, 6) is 1.43. The summed E-state index contributed by atoms with van der Waals surface area (Å²) in [6, 6.07) is 2.25. The van der Waals surface area contributed by atoms with Crippen LogP contribution in [0.15, 0.2) is 6.07 Å². The molecule has 1 atom stereocenters. The Morgan fingerprint density at radius 2 is 2.11 bits per heavy atom. The summed E-state index contributed by atoms with van der Waals surface area (Å²) < 4.78 is 5.08. The maximum Gasteiger partial charge on any atom is 0.225 e. The lowest BCUT2D eigenvalue weighted by molar-refractivity contribution is 0.180. The van der Waals surface area contributed by atoms with E-state index in [1.807, 2.05) is 0 Å². The number of anilines is 2. The lowest BCUT2D eigenvalue weighted by atomic mass is 10.1. The minimum atomic E-state index is 0.229. The van der Waals surface area contributed by atoms with Crippen LogP contribution in [0.1, 0.15) is 26.2 Å². The van der Waals surface area contributed by atoms with Crippen LogP contribution in [0.3, 0.4) is 0 Å². The third-order valence-electron chi connectivity index (χ3n) is 3.52. The first-order valence-electron chi connectivity index (χ1n) is 6.85. The first-order valence-corrected chi connectivity index (χ1v) is 6.85. The molecule has 1 aromatic rings. The van der Waals surface area contributed by atoms with Gasteiger partial charge >= 0.3 is 0 Å². The first kappa shape index (κ1) is 13.9. The number of nitrogen functional groups attached to an aromatic ring is 1. The van der Waals surface area contributed by atoms with E-state index in [1.165, 1.54) is 32.4 Å². The zero-order chi connectivity index (χ0) is 13.7. The summed E-state index contributed by atoms with van der Waals surface area (Å²) in [5, 5.41) is 3.30. The van der Waals surface area contributed by atoms with Crippen LogP contribution >= 0.6 is 0 Å². The Bertz CT molecular complexity index is 406. The maximum absolute atomic E-state index is 5.63. The van der Waals surface area contributed by atoms with Crippen LogP contribution in [0.5, 0.6) is 5.88 Å². The molecule has 2 rings (SSSR count). The molecule has 0 bridgehead atoms. The molecule has 0 saturated carbocycles. The molecule has 3 N–H and O–H groups in total. The van der Waals surface area contributed by atoms with Gasteiger partial charge in [-0.1, -0.05) is 6.42 Å². The number of rotatable bonds is 5. The Hall–Kier alpha value is -1.56. The highest BCUT2D eigenvalue weighted by Crippen LogP contribution is 2.15. The molecule has 0 amide bonds. The SMILES string of the molecule is COc1cc(NCC(C)N2CCCCC2)nc(N)n1. The Kier molecular flexibility index (Phi) is 4.79. The molecule has 1 aliphatic heterocycles. The Balaban J connectivity index is 1.88. The zero-order valence-corrected chi connectivity index (χ0v) is 11.7. The van der Waals surface area contributed by atoms with Crippen molar-refractivity contribution in [1.29, 1.82) is 0 Å². The van der Waals surface area contributed by atoms with Gasteiger partial charge in [-0.15, -0.1) is 0 Å². The van der Waals surface area contributed by atoms with E-state index in [0.29, 0.717) is 17.7 Å². The maximum atomic E-state index is 5.63. The molecule has 0 spiro atoms. The average Bonchev–Trinajstić information content (AvgIpc) is 2.45. The van der Waals surface area contributed by atoms with Gasteiger partial charge in [0.05, 0.1) is 7.11 Å². The Morgan fingerprint density at radius 3 is 2.79 bits per heavy atom. The van der Waals surface area contributed by atoms with Crippen LogP contribution in [0.2, 0.25) is 0 Å². The van der Waals surface area contributed by atoms with Gasteiger partial charge in [0.2, 0.25) is 11.8 Å². The summed E-state index contributed by atoms with van der Waals surface area (Å²) in [7, 11) is 1.57. The van der Waals surface area contributed by atoms with E-state index < -0.39 is 0 Å². The second kappa shape index (κ2) is 6.56. The standard InChI is InChI=1S/C13H23N5O/c1-10(18-6-4-3-5-7-18)9-15-11-8-12(19-2)17-13(14)16-11/h8,10H,3-7,9H2,1-2H3,(H3,14,15,16,17). The monoisotopic (exact) mass is 265 g/mol. The van der Waals surface area contributed by atoms with E-state index in [-0.39, 0.29) is 5.95 Å². The van der Waals surface area contributed by atoms with E-state index in [9.17, 15) is 0 Å². The molecule has 1 fully saturated rings. The van der Waals surface area contributed by atoms with Crippen LogP contribution in [0.25, 0.3) is 0 Å². The predicted octanol–water partition coefficient (Wildman–Crippen LogP) is 1.35. The largest absolute Gasteiger partial charge is 0.481 e. The zero-order valence-electron chi connectivity index (χ0n) is 11.7. The van der Waals surface area contributed by atoms with Crippen molar-refractivity contribution in [3.63, 3.8) is 0 Å². The normalized spacial score (nSPS) is 18.0. The van der Waals surface area contributed by atoms with Gasteiger partial charge in [0.15, 0.2) is 0 Å². The second-order valence-electron chi connectivity index (χ2n) is 4.98. The fourth-order valence-electron chi connectivity index (χ4n) is 2.38. The van der Waals surface area contributed by atoms with Crippen LogP contribution in [0, 0.1) is 0 Å². The van der Waals surface area contributed by atoms with Crippen molar-refractivity contribution in [3.05, 3.63) is 6.07 Å². The van der Waals surface area contributed by atoms with Crippen LogP contribution < -0.4 is 15.8 Å². The van der Waals surface area contributed by atoms with Gasteiger partial charge < -0.3 is 15.8 Å². The number of hydrogen-bond acceptors (Lipinski definition) is 6. The minimum Gasteiger partial charge on any atom is -0.481 e. The summed E-state index contributed by atoms with van der Waals surface area (Å²) in [4.78, 5) is 10.6. The predicted molar refractivity (Wildman–Crippen MR) is 76.4 cm³/mol. The number of likely N-dealkylation sites (tertiary alicyclic amines) is 1. The fraction of sp³-hybridized carbons (Fsp3) is 0.692. The van der Waals surface area contributed by atoms with Gasteiger partial charge in [-0.25, -0.2) is 0 Å². The molecule has 1 unspecified atom stereocenters. The topological polar surface area (TPSA) is 76.3 Å². The molecule has 0 aromatic carbocycles. The highest BCUT2D eigenvalue weighted by Gasteiger charge is 2.16. The number of piperidine rings is 1. The van der Waals surface area contributed by atoms with Gasteiger partial charge in [0.1, 0.15) is 5.82 Å². The third-order valence-corrected chi connectivity index (χ3v) is 3.52. The molecule has 1 aliphatic rings. The molecular weight excluding hydrogens is 242 g/mol. The molecule has 0 radical (unpaired) electrons. The van der Waals surface area contributed by atoms with Crippen LogP contribution in [0.4, 0.5) is 11.8 Å². The molecule has 19 heavy (non-hydrogen) atoms. The minimum absolute atomic E-state index is 0.229. The van der Waals surface area contributed by atoms with Gasteiger partial charge in [0.25, 0.3) is 0 Å². The van der Waals surface area contributed by atoms with Crippen LogP contribution in [-0.4, -0.2) is 47.7 Å². The van der Waals surface area contributed by atoms with E-state index in [2.05, 4.69) is 27.1 Å². The number of nitrogens with one attached hydrogen (secondary N) is 1. The molecule has 0 aliphatic carbocycles. The van der Waals surface area contributed by atoms with E-state index >= 15 is 0 Å². The van der Waals surface area contributed by atoms with Gasteiger partial charge in [0, 0.05) is 18.7 Å². The van der Waals surface area contributed by atoms with Gasteiger partial charge in [-0.2, -0.15) is 9.97 Å². The average molecular weight is 265 g/mol. The highest BCUT2D eigenvalue weighted by atomic mass is 16.5. The second-order valence-corrected chi connectivity index (χ2v) is 4.98. The van der Waals surface area contributed by atoms with Crippen molar-refractivity contribution in [1.82, 2.24) is 14.9 Å². The van der Waals surface area contributed by atoms with Gasteiger partial charge in [-0.05, 0) is 32.9 Å². The molecule has 6 nitrogen and oxygen atoms in total. The molecule has 2 heterocycles. The summed E-state index contributed by atoms with van der Waals surface area (Å²) in [5.41, 5.74) is 5.63. The quantitative estimate of drug-likeness (QED) is 0.837. The lowest BCUT2D eigenvalue weighted by Crippen LogP contribution is -2.41. The van der Waals surface area contributed by atoms with Crippen LogP contribution in [-0.2, 0) is 0 Å². The van der Waals surface area contributed by atoms with Crippen molar-refractivity contribution >= 4 is 11.8 Å². The molecular formula is C13H23N5O. The summed E-state index contributed by atoms with van der Waals surface area (Å²) in [6.07, 6.45) is 3.97. The van der Waals surface area contributed by atoms with Crippen molar-refractivity contribution in [2.45, 2.75) is 32.2 Å². The van der Waals surface area contributed by atoms with E-state index in [0.717, 1.165) is 6.54 Å². The summed E-state index contributed by atoms with van der Waals surface area (Å²) >= 11 is 0. The van der Waals surface area contributed by atoms with E-state index in [4.69, 9.17) is 10.5 Å². The highest BCUT2D eigenvalue weighted by molar-refractivity contribution is 5.42. The van der Waals surface area contributed by atoms with Gasteiger partial charge in [-0.3, -0.25) is 4.90 Å². The smallest absolute Gasteiger partial charge is 0.225 e. The number of nitrogens with two attached hydrogens (primary N) is 1. The van der Waals surface area contributed by atoms with Crippen molar-refractivity contribution in [2.75, 3.05) is 37.8 Å². The molecule has 106 valence electrons. The van der Waals surface area contributed by atoms with Crippen molar-refractivity contribution in [2.24, 2.45) is 0 Å². The first-order chi connectivity index (χ1) is 9.19. The summed E-state index contributed by atoms with van der Waals surface area (Å²) in [6.45, 7) is 5.47. The fourth-order valence-corrected chi connectivity index (χ4v) is 2.38. The molecule has 1 aromatic heterocycles. The van der Waals surface area contributed by atoms with Crippen molar-refractivity contribution < 1.29 is 4.74 Å². The molecule has 1 saturated heterocycles. The van der Waals surface area contributed by atoms with Crippen molar-refractivity contribution in [3.8, 4) is 5.88 Å². The molecule has 6 heteroatoms. The third kappa shape index (κ3) is 3.96. The van der Waals surface area contributed by atoms with E-state index in [1.54, 1.807) is 13.2 Å². The number of ether oxygens (including phenoxy) is 1. The Morgan fingerprint density at radius 1 is 1.37 bits per heavy atom. The lowest BCUT2D eigenvalue weighted by Gasteiger charge is -2.32. The Labute approximate surface area is 114 Å². The number of hydrogen-bond donors (Lipinski definition) is 2. The number of methoxy groups -OCH3 is 1. The number of nitrogens with zero attached hydrogens (tertiary/aromatic N) is 3. The number of aromatic nitrogens is 2.